The molecule has 3 amide bonds. The molecule has 0 bridgehead atoms. The molecule has 3 rings (SSSR count). The maximum atomic E-state index is 12.5. The third-order valence-electron chi connectivity index (χ3n) is 5.55. The summed E-state index contributed by atoms with van der Waals surface area (Å²) in [5.74, 6) is -1.21. The second kappa shape index (κ2) is 13.1. The molecule has 8 nitrogen and oxygen atoms in total. The number of rotatable bonds is 11. The highest BCUT2D eigenvalue weighted by atomic mass is 32.2. The number of benzene rings is 3. The van der Waals surface area contributed by atoms with Crippen molar-refractivity contribution in [2.75, 3.05) is 12.3 Å². The maximum absolute atomic E-state index is 12.5. The zero-order valence-electron chi connectivity index (χ0n) is 20.3. The van der Waals surface area contributed by atoms with Gasteiger partial charge in [0.2, 0.25) is 17.7 Å². The quantitative estimate of drug-likeness (QED) is 0.279. The number of hydrogen-bond donors (Lipinski definition) is 4. The fourth-order valence-corrected chi connectivity index (χ4v) is 5.22. The molecule has 0 unspecified atom stereocenters. The summed E-state index contributed by atoms with van der Waals surface area (Å²) in [4.78, 5) is 36.1. The summed E-state index contributed by atoms with van der Waals surface area (Å²) >= 11 is 4.28. The minimum absolute atomic E-state index is 0.00576. The van der Waals surface area contributed by atoms with E-state index < -0.39 is 15.9 Å². The third-order valence-corrected chi connectivity index (χ3v) is 7.48. The van der Waals surface area contributed by atoms with Crippen LogP contribution in [-0.4, -0.2) is 38.4 Å². The third kappa shape index (κ3) is 8.19. The summed E-state index contributed by atoms with van der Waals surface area (Å²) in [7, 11) is -4.01. The molecular weight excluding hydrogens is 510 g/mol. The minimum atomic E-state index is -4.01. The highest BCUT2D eigenvalue weighted by molar-refractivity contribution is 7.90. The standard InChI is InChI=1S/C27H29N3O5S2/c1-19(31)30-37(34,35)25-10-6-5-9-24(25)22-13-11-21(12-14-22)16-28-26(32)17-29-27(33)23(18-36)15-20-7-3-2-4-8-20/h2-14,23,36H,15-18H2,1H3,(H,28,32)(H,29,33)(H,30,31)/t23-/m1/s1. The molecule has 0 aliphatic rings. The summed E-state index contributed by atoms with van der Waals surface area (Å²) < 4.78 is 27.0. The Morgan fingerprint density at radius 2 is 1.49 bits per heavy atom. The van der Waals surface area contributed by atoms with Gasteiger partial charge in [0.25, 0.3) is 10.0 Å². The van der Waals surface area contributed by atoms with Crippen LogP contribution < -0.4 is 15.4 Å². The fourth-order valence-electron chi connectivity index (χ4n) is 3.70. The minimum Gasteiger partial charge on any atom is -0.350 e. The van der Waals surface area contributed by atoms with E-state index in [1.807, 2.05) is 35.1 Å². The Morgan fingerprint density at radius 1 is 0.838 bits per heavy atom. The second-order valence-corrected chi connectivity index (χ2v) is 10.4. The predicted molar refractivity (Wildman–Crippen MR) is 145 cm³/mol. The molecule has 0 spiro atoms. The van der Waals surface area contributed by atoms with Crippen LogP contribution in [0.2, 0.25) is 0 Å². The molecule has 3 aromatic rings. The Kier molecular flexibility index (Phi) is 9.87. The Bertz CT molecular complexity index is 1340. The van der Waals surface area contributed by atoms with E-state index in [2.05, 4.69) is 23.3 Å². The van der Waals surface area contributed by atoms with Crippen molar-refractivity contribution in [3.8, 4) is 11.1 Å². The first-order chi connectivity index (χ1) is 17.7. The largest absolute Gasteiger partial charge is 0.350 e. The van der Waals surface area contributed by atoms with Crippen LogP contribution >= 0.6 is 12.6 Å². The normalized spacial score (nSPS) is 11.8. The van der Waals surface area contributed by atoms with Crippen LogP contribution in [-0.2, 0) is 37.4 Å². The van der Waals surface area contributed by atoms with Gasteiger partial charge >= 0.3 is 0 Å². The van der Waals surface area contributed by atoms with E-state index in [4.69, 9.17) is 0 Å². The molecule has 3 N–H and O–H groups in total. The van der Waals surface area contributed by atoms with E-state index in [9.17, 15) is 22.8 Å². The summed E-state index contributed by atoms with van der Waals surface area (Å²) in [5.41, 5.74) is 2.91. The van der Waals surface area contributed by atoms with E-state index in [1.54, 1.807) is 42.5 Å². The Hall–Kier alpha value is -3.63. The molecular formula is C27H29N3O5S2. The van der Waals surface area contributed by atoms with Gasteiger partial charge in [-0.05, 0) is 29.2 Å². The molecule has 37 heavy (non-hydrogen) atoms. The van der Waals surface area contributed by atoms with Crippen molar-refractivity contribution in [2.45, 2.75) is 24.8 Å². The lowest BCUT2D eigenvalue weighted by molar-refractivity contribution is -0.128. The molecule has 0 radical (unpaired) electrons. The molecule has 0 aromatic heterocycles. The summed E-state index contributed by atoms with van der Waals surface area (Å²) in [6, 6.07) is 23.0. The number of thiol groups is 1. The monoisotopic (exact) mass is 539 g/mol. The van der Waals surface area contributed by atoms with Crippen molar-refractivity contribution in [3.05, 3.63) is 90.0 Å². The molecule has 1 atom stereocenters. The van der Waals surface area contributed by atoms with E-state index in [0.717, 1.165) is 18.1 Å². The molecule has 0 saturated carbocycles. The van der Waals surface area contributed by atoms with E-state index in [-0.39, 0.29) is 35.7 Å². The van der Waals surface area contributed by atoms with Gasteiger partial charge in [-0.25, -0.2) is 13.1 Å². The lowest BCUT2D eigenvalue weighted by atomic mass is 10.0. The number of hydrogen-bond acceptors (Lipinski definition) is 6. The highest BCUT2D eigenvalue weighted by Crippen LogP contribution is 2.27. The first-order valence-corrected chi connectivity index (χ1v) is 13.7. The van der Waals surface area contributed by atoms with E-state index >= 15 is 0 Å². The van der Waals surface area contributed by atoms with Crippen LogP contribution in [0.1, 0.15) is 18.1 Å². The van der Waals surface area contributed by atoms with Gasteiger partial charge in [-0.15, -0.1) is 0 Å². The van der Waals surface area contributed by atoms with E-state index in [1.165, 1.54) is 6.07 Å². The van der Waals surface area contributed by atoms with Crippen LogP contribution in [0.5, 0.6) is 0 Å². The molecule has 0 saturated heterocycles. The highest BCUT2D eigenvalue weighted by Gasteiger charge is 2.20. The maximum Gasteiger partial charge on any atom is 0.264 e. The van der Waals surface area contributed by atoms with Gasteiger partial charge in [0.05, 0.1) is 17.4 Å². The number of sulfonamides is 1. The van der Waals surface area contributed by atoms with E-state index in [0.29, 0.717) is 23.3 Å². The fraction of sp³-hybridized carbons (Fsp3) is 0.222. The van der Waals surface area contributed by atoms with Gasteiger partial charge in [-0.3, -0.25) is 14.4 Å². The molecule has 0 aliphatic heterocycles. The van der Waals surface area contributed by atoms with Crippen molar-refractivity contribution in [3.63, 3.8) is 0 Å². The molecule has 0 fully saturated rings. The van der Waals surface area contributed by atoms with Gasteiger partial charge in [0.1, 0.15) is 0 Å². The lowest BCUT2D eigenvalue weighted by Gasteiger charge is -2.15. The van der Waals surface area contributed by atoms with Crippen LogP contribution in [0.4, 0.5) is 0 Å². The van der Waals surface area contributed by atoms with Gasteiger partial charge in [-0.2, -0.15) is 12.6 Å². The molecule has 3 aromatic carbocycles. The summed E-state index contributed by atoms with van der Waals surface area (Å²) in [5, 5.41) is 5.43. The average Bonchev–Trinajstić information content (AvgIpc) is 2.89. The van der Waals surface area contributed by atoms with Crippen molar-refractivity contribution < 1.29 is 22.8 Å². The smallest absolute Gasteiger partial charge is 0.264 e. The zero-order chi connectivity index (χ0) is 26.8. The molecule has 0 aliphatic carbocycles. The van der Waals surface area contributed by atoms with Crippen LogP contribution in [0.25, 0.3) is 11.1 Å². The number of nitrogens with one attached hydrogen (secondary N) is 3. The Balaban J connectivity index is 1.55. The van der Waals surface area contributed by atoms with Gasteiger partial charge in [-0.1, -0.05) is 72.8 Å². The molecule has 0 heterocycles. The van der Waals surface area contributed by atoms with Crippen LogP contribution in [0, 0.1) is 5.92 Å². The number of carbonyl (C=O) groups is 3. The van der Waals surface area contributed by atoms with Gasteiger partial charge < -0.3 is 10.6 Å². The Labute approximate surface area is 222 Å². The first kappa shape index (κ1) is 27.9. The van der Waals surface area contributed by atoms with Crippen molar-refractivity contribution in [1.82, 2.24) is 15.4 Å². The summed E-state index contributed by atoms with van der Waals surface area (Å²) in [6.45, 7) is 1.23. The number of amides is 3. The van der Waals surface area contributed by atoms with Crippen LogP contribution in [0.15, 0.2) is 83.8 Å². The van der Waals surface area contributed by atoms with Crippen molar-refractivity contribution in [2.24, 2.45) is 5.92 Å². The van der Waals surface area contributed by atoms with Crippen molar-refractivity contribution in [1.29, 1.82) is 0 Å². The van der Waals surface area contributed by atoms with Crippen molar-refractivity contribution >= 4 is 40.4 Å². The topological polar surface area (TPSA) is 121 Å². The van der Waals surface area contributed by atoms with Gasteiger partial charge in [0, 0.05) is 24.8 Å². The van der Waals surface area contributed by atoms with Gasteiger partial charge in [0.15, 0.2) is 0 Å². The SMILES string of the molecule is CC(=O)NS(=O)(=O)c1ccccc1-c1ccc(CNC(=O)CNC(=O)[C@@H](CS)Cc2ccccc2)cc1. The lowest BCUT2D eigenvalue weighted by Crippen LogP contribution is -2.40. The Morgan fingerprint density at radius 3 is 2.14 bits per heavy atom. The predicted octanol–water partition coefficient (Wildman–Crippen LogP) is 2.70. The van der Waals surface area contributed by atoms with Crippen LogP contribution in [0.3, 0.4) is 0 Å². The molecule has 194 valence electrons. The average molecular weight is 540 g/mol. The number of carbonyl (C=O) groups excluding carboxylic acids is 3. The summed E-state index contributed by atoms with van der Waals surface area (Å²) in [6.07, 6.45) is 0.541. The molecule has 10 heteroatoms. The second-order valence-electron chi connectivity index (χ2n) is 8.42. The first-order valence-electron chi connectivity index (χ1n) is 11.6. The zero-order valence-corrected chi connectivity index (χ0v) is 22.0.